The first-order valence-corrected chi connectivity index (χ1v) is 6.87. The summed E-state index contributed by atoms with van der Waals surface area (Å²) in [5.74, 6) is 0. The largest absolute Gasteiger partial charge is 0.318 e. The van der Waals surface area contributed by atoms with Gasteiger partial charge >= 0.3 is 0 Å². The number of nitrogens with zero attached hydrogens (tertiary/aromatic N) is 4. The lowest BCUT2D eigenvalue weighted by molar-refractivity contribution is 0.577. The summed E-state index contributed by atoms with van der Waals surface area (Å²) in [6.07, 6.45) is 2.70. The molecular weight excluding hydrogens is 294 g/mol. The van der Waals surface area contributed by atoms with Gasteiger partial charge in [-0.05, 0) is 35.3 Å². The lowest BCUT2D eigenvalue weighted by Crippen LogP contribution is -2.20. The highest BCUT2D eigenvalue weighted by molar-refractivity contribution is 9.10. The second-order valence-corrected chi connectivity index (χ2v) is 5.06. The lowest BCUT2D eigenvalue weighted by atomic mass is 10.1. The summed E-state index contributed by atoms with van der Waals surface area (Å²) >= 11 is 3.51. The highest BCUT2D eigenvalue weighted by atomic mass is 79.9. The van der Waals surface area contributed by atoms with Crippen LogP contribution in [-0.4, -0.2) is 19.6 Å². The molecule has 1 unspecified atom stereocenters. The Balaban J connectivity index is 2.43. The molecule has 2 N–H and O–H groups in total. The average Bonchev–Trinajstić information content (AvgIpc) is 2.91. The van der Waals surface area contributed by atoms with Crippen molar-refractivity contribution >= 4 is 15.9 Å². The summed E-state index contributed by atoms with van der Waals surface area (Å²) in [4.78, 5) is 0. The van der Waals surface area contributed by atoms with Crippen molar-refractivity contribution in [2.24, 2.45) is 12.8 Å². The fourth-order valence-corrected chi connectivity index (χ4v) is 2.62. The summed E-state index contributed by atoms with van der Waals surface area (Å²) in [7, 11) is 1.93. The summed E-state index contributed by atoms with van der Waals surface area (Å²) in [6, 6.07) is 1.84. The average molecular weight is 312 g/mol. The van der Waals surface area contributed by atoms with Gasteiger partial charge in [-0.1, -0.05) is 6.92 Å². The molecule has 5 nitrogen and oxygen atoms in total. The van der Waals surface area contributed by atoms with Gasteiger partial charge in [-0.15, -0.1) is 0 Å². The molecule has 0 bridgehead atoms. The van der Waals surface area contributed by atoms with E-state index in [0.717, 1.165) is 34.5 Å². The fraction of sp³-hybridized carbons (Fsp3) is 0.500. The molecule has 6 heteroatoms. The number of hydrogen-bond donors (Lipinski definition) is 1. The summed E-state index contributed by atoms with van der Waals surface area (Å²) < 4.78 is 4.70. The van der Waals surface area contributed by atoms with E-state index in [1.165, 1.54) is 0 Å². The fourth-order valence-electron chi connectivity index (χ4n) is 2.08. The first-order chi connectivity index (χ1) is 8.58. The Kier molecular flexibility index (Phi) is 3.87. The normalized spacial score (nSPS) is 12.9. The molecule has 2 aromatic heterocycles. The Bertz CT molecular complexity index is 543. The van der Waals surface area contributed by atoms with E-state index in [4.69, 9.17) is 5.73 Å². The Morgan fingerprint density at radius 2 is 2.17 bits per heavy atom. The maximum atomic E-state index is 6.36. The lowest BCUT2D eigenvalue weighted by Gasteiger charge is -2.14. The van der Waals surface area contributed by atoms with Crippen molar-refractivity contribution in [2.45, 2.75) is 32.9 Å². The molecule has 0 amide bonds. The van der Waals surface area contributed by atoms with Gasteiger partial charge in [-0.25, -0.2) is 0 Å². The van der Waals surface area contributed by atoms with Gasteiger partial charge in [0.05, 0.1) is 33.8 Å². The topological polar surface area (TPSA) is 61.7 Å². The van der Waals surface area contributed by atoms with Crippen LogP contribution in [-0.2, 0) is 20.0 Å². The molecule has 0 saturated carbocycles. The highest BCUT2D eigenvalue weighted by Gasteiger charge is 2.21. The molecule has 0 saturated heterocycles. The molecule has 2 heterocycles. The zero-order valence-electron chi connectivity index (χ0n) is 10.9. The molecule has 98 valence electrons. The Morgan fingerprint density at radius 1 is 1.44 bits per heavy atom. The van der Waals surface area contributed by atoms with E-state index in [9.17, 15) is 0 Å². The van der Waals surface area contributed by atoms with E-state index in [0.29, 0.717) is 0 Å². The number of nitrogens with two attached hydrogens (primary N) is 1. The van der Waals surface area contributed by atoms with E-state index in [1.807, 2.05) is 16.4 Å². The van der Waals surface area contributed by atoms with Crippen LogP contribution in [0.15, 0.2) is 16.7 Å². The third-order valence-electron chi connectivity index (χ3n) is 3.07. The molecule has 0 aliphatic carbocycles. The predicted octanol–water partition coefficient (Wildman–Crippen LogP) is 2.01. The molecule has 0 spiro atoms. The Morgan fingerprint density at radius 3 is 2.72 bits per heavy atom. The molecule has 0 fully saturated rings. The van der Waals surface area contributed by atoms with Gasteiger partial charge in [0.2, 0.25) is 0 Å². The number of halogens is 1. The van der Waals surface area contributed by atoms with Crippen LogP contribution in [0.1, 0.15) is 37.0 Å². The van der Waals surface area contributed by atoms with E-state index in [1.54, 1.807) is 6.20 Å². The maximum Gasteiger partial charge on any atom is 0.0905 e. The third-order valence-corrected chi connectivity index (χ3v) is 3.69. The Labute approximate surface area is 115 Å². The van der Waals surface area contributed by atoms with E-state index < -0.39 is 0 Å². The SMILES string of the molecule is CCc1cc(C(N)c2c(Br)cnn2CC)n(C)n1. The van der Waals surface area contributed by atoms with Crippen LogP contribution in [0.25, 0.3) is 0 Å². The molecule has 2 aromatic rings. The van der Waals surface area contributed by atoms with Crippen LogP contribution >= 0.6 is 15.9 Å². The van der Waals surface area contributed by atoms with Crippen LogP contribution < -0.4 is 5.73 Å². The van der Waals surface area contributed by atoms with Crippen molar-refractivity contribution in [3.63, 3.8) is 0 Å². The number of aryl methyl sites for hydroxylation is 3. The van der Waals surface area contributed by atoms with Crippen molar-refractivity contribution in [3.05, 3.63) is 33.8 Å². The van der Waals surface area contributed by atoms with Crippen LogP contribution in [0.5, 0.6) is 0 Å². The standard InChI is InChI=1S/C12H18BrN5/c1-4-8-6-10(17(3)16-8)11(14)12-9(13)7-15-18(12)5-2/h6-7,11H,4-5,14H2,1-3H3. The highest BCUT2D eigenvalue weighted by Crippen LogP contribution is 2.27. The minimum absolute atomic E-state index is 0.223. The molecule has 0 aliphatic heterocycles. The first kappa shape index (κ1) is 13.3. The van der Waals surface area contributed by atoms with Crippen molar-refractivity contribution in [1.29, 1.82) is 0 Å². The number of hydrogen-bond acceptors (Lipinski definition) is 3. The second-order valence-electron chi connectivity index (χ2n) is 4.21. The number of aromatic nitrogens is 4. The minimum atomic E-state index is -0.223. The van der Waals surface area contributed by atoms with Gasteiger partial charge in [0.1, 0.15) is 0 Å². The predicted molar refractivity (Wildman–Crippen MR) is 74.2 cm³/mol. The summed E-state index contributed by atoms with van der Waals surface area (Å²) in [6.45, 7) is 4.94. The van der Waals surface area contributed by atoms with Gasteiger partial charge in [0.15, 0.2) is 0 Å². The van der Waals surface area contributed by atoms with Crippen LogP contribution in [0, 0.1) is 0 Å². The third kappa shape index (κ3) is 2.22. The van der Waals surface area contributed by atoms with Crippen LogP contribution in [0.3, 0.4) is 0 Å². The van der Waals surface area contributed by atoms with Crippen molar-refractivity contribution < 1.29 is 0 Å². The number of rotatable bonds is 4. The van der Waals surface area contributed by atoms with Crippen LogP contribution in [0.4, 0.5) is 0 Å². The van der Waals surface area contributed by atoms with Crippen molar-refractivity contribution in [1.82, 2.24) is 19.6 Å². The quantitative estimate of drug-likeness (QED) is 0.939. The maximum absolute atomic E-state index is 6.36. The van der Waals surface area contributed by atoms with E-state index in [-0.39, 0.29) is 6.04 Å². The van der Waals surface area contributed by atoms with Crippen molar-refractivity contribution in [2.75, 3.05) is 0 Å². The molecule has 2 rings (SSSR count). The van der Waals surface area contributed by atoms with Gasteiger partial charge in [0, 0.05) is 13.6 Å². The van der Waals surface area contributed by atoms with E-state index >= 15 is 0 Å². The summed E-state index contributed by atoms with van der Waals surface area (Å²) in [5, 5.41) is 8.73. The second kappa shape index (κ2) is 5.24. The van der Waals surface area contributed by atoms with Gasteiger partial charge < -0.3 is 5.73 Å². The Hall–Kier alpha value is -1.14. The van der Waals surface area contributed by atoms with Crippen molar-refractivity contribution in [3.8, 4) is 0 Å². The molecule has 0 radical (unpaired) electrons. The molecule has 1 atom stereocenters. The van der Waals surface area contributed by atoms with Gasteiger partial charge in [-0.2, -0.15) is 10.2 Å². The van der Waals surface area contributed by atoms with Gasteiger partial charge in [0.25, 0.3) is 0 Å². The smallest absolute Gasteiger partial charge is 0.0905 e. The van der Waals surface area contributed by atoms with Crippen LogP contribution in [0.2, 0.25) is 0 Å². The first-order valence-electron chi connectivity index (χ1n) is 6.08. The molecule has 0 aliphatic rings. The van der Waals surface area contributed by atoms with E-state index in [2.05, 4.69) is 46.0 Å². The summed E-state index contributed by atoms with van der Waals surface area (Å²) in [5.41, 5.74) is 9.40. The zero-order valence-corrected chi connectivity index (χ0v) is 12.5. The molecule has 18 heavy (non-hydrogen) atoms. The minimum Gasteiger partial charge on any atom is -0.318 e. The molecule has 0 aromatic carbocycles. The molecular formula is C12H18BrN5. The monoisotopic (exact) mass is 311 g/mol. The van der Waals surface area contributed by atoms with Gasteiger partial charge in [-0.3, -0.25) is 9.36 Å². The zero-order chi connectivity index (χ0) is 13.3.